The van der Waals surface area contributed by atoms with Crippen LogP contribution in [0.2, 0.25) is 0 Å². The fourth-order valence-corrected chi connectivity index (χ4v) is 1.89. The SMILES string of the molecule is c1cn(CCCNc2nccn2C2CC2)nn1. The fourth-order valence-electron chi connectivity index (χ4n) is 1.89. The molecule has 1 N–H and O–H groups in total. The van der Waals surface area contributed by atoms with Crippen molar-refractivity contribution in [3.8, 4) is 0 Å². The lowest BCUT2D eigenvalue weighted by atomic mass is 10.4. The highest BCUT2D eigenvalue weighted by Crippen LogP contribution is 2.36. The van der Waals surface area contributed by atoms with Gasteiger partial charge in [0.05, 0.1) is 6.20 Å². The number of nitrogens with zero attached hydrogens (tertiary/aromatic N) is 5. The van der Waals surface area contributed by atoms with Crippen molar-refractivity contribution >= 4 is 5.95 Å². The third-order valence-electron chi connectivity index (χ3n) is 2.93. The van der Waals surface area contributed by atoms with E-state index < -0.39 is 0 Å². The zero-order valence-corrected chi connectivity index (χ0v) is 9.66. The van der Waals surface area contributed by atoms with E-state index in [1.165, 1.54) is 12.8 Å². The van der Waals surface area contributed by atoms with Crippen LogP contribution in [0.1, 0.15) is 25.3 Å². The Morgan fingerprint density at radius 3 is 3.00 bits per heavy atom. The molecule has 1 aliphatic rings. The Morgan fingerprint density at radius 1 is 1.29 bits per heavy atom. The van der Waals surface area contributed by atoms with Crippen LogP contribution in [0.15, 0.2) is 24.8 Å². The summed E-state index contributed by atoms with van der Waals surface area (Å²) in [5, 5.41) is 11.1. The highest BCUT2D eigenvalue weighted by atomic mass is 15.4. The van der Waals surface area contributed by atoms with Crippen LogP contribution in [0.3, 0.4) is 0 Å². The van der Waals surface area contributed by atoms with Gasteiger partial charge < -0.3 is 9.88 Å². The molecule has 0 aromatic carbocycles. The molecule has 0 saturated heterocycles. The molecule has 6 heteroatoms. The molecule has 0 aliphatic heterocycles. The lowest BCUT2D eigenvalue weighted by Gasteiger charge is -2.08. The monoisotopic (exact) mass is 232 g/mol. The molecule has 3 rings (SSSR count). The minimum absolute atomic E-state index is 0.676. The molecular formula is C11H16N6. The van der Waals surface area contributed by atoms with E-state index in [4.69, 9.17) is 0 Å². The van der Waals surface area contributed by atoms with E-state index in [1.54, 1.807) is 6.20 Å². The van der Waals surface area contributed by atoms with Crippen molar-refractivity contribution in [2.45, 2.75) is 31.8 Å². The smallest absolute Gasteiger partial charge is 0.203 e. The van der Waals surface area contributed by atoms with Gasteiger partial charge in [0, 0.05) is 37.7 Å². The summed E-state index contributed by atoms with van der Waals surface area (Å²) in [5.74, 6) is 0.992. The van der Waals surface area contributed by atoms with E-state index in [0.717, 1.165) is 25.5 Å². The van der Waals surface area contributed by atoms with Crippen LogP contribution in [0, 0.1) is 0 Å². The van der Waals surface area contributed by atoms with Gasteiger partial charge in [-0.1, -0.05) is 5.21 Å². The van der Waals surface area contributed by atoms with Crippen molar-refractivity contribution in [1.29, 1.82) is 0 Å². The highest BCUT2D eigenvalue weighted by Gasteiger charge is 2.25. The van der Waals surface area contributed by atoms with Crippen molar-refractivity contribution in [3.63, 3.8) is 0 Å². The van der Waals surface area contributed by atoms with E-state index in [9.17, 15) is 0 Å². The van der Waals surface area contributed by atoms with Gasteiger partial charge >= 0.3 is 0 Å². The van der Waals surface area contributed by atoms with Gasteiger partial charge in [0.1, 0.15) is 0 Å². The van der Waals surface area contributed by atoms with Gasteiger partial charge in [-0.2, -0.15) is 0 Å². The first kappa shape index (κ1) is 10.3. The van der Waals surface area contributed by atoms with E-state index in [0.29, 0.717) is 6.04 Å². The summed E-state index contributed by atoms with van der Waals surface area (Å²) in [5.41, 5.74) is 0. The average molecular weight is 232 g/mol. The van der Waals surface area contributed by atoms with E-state index in [-0.39, 0.29) is 0 Å². The Morgan fingerprint density at radius 2 is 2.24 bits per heavy atom. The van der Waals surface area contributed by atoms with Crippen LogP contribution >= 0.6 is 0 Å². The summed E-state index contributed by atoms with van der Waals surface area (Å²) in [7, 11) is 0. The molecule has 2 aromatic heterocycles. The van der Waals surface area contributed by atoms with Gasteiger partial charge in [-0.05, 0) is 19.3 Å². The Kier molecular flexibility index (Phi) is 2.77. The average Bonchev–Trinajstić information content (AvgIpc) is 2.89. The Balaban J connectivity index is 1.46. The third-order valence-corrected chi connectivity index (χ3v) is 2.93. The Bertz CT molecular complexity index is 456. The topological polar surface area (TPSA) is 60.6 Å². The van der Waals surface area contributed by atoms with Crippen molar-refractivity contribution in [2.75, 3.05) is 11.9 Å². The minimum atomic E-state index is 0.676. The molecule has 0 unspecified atom stereocenters. The molecule has 0 spiro atoms. The van der Waals surface area contributed by atoms with Crippen LogP contribution in [0.5, 0.6) is 0 Å². The molecule has 2 heterocycles. The van der Waals surface area contributed by atoms with Gasteiger partial charge in [0.15, 0.2) is 0 Å². The summed E-state index contributed by atoms with van der Waals surface area (Å²) in [4.78, 5) is 4.33. The van der Waals surface area contributed by atoms with Gasteiger partial charge in [-0.15, -0.1) is 5.10 Å². The zero-order valence-electron chi connectivity index (χ0n) is 9.66. The standard InChI is InChI=1S/C11H16N6/c1(7-16-8-6-14-15-16)4-12-11-13-5-9-17(11)10-2-3-10/h5-6,8-10H,1-4,7H2,(H,12,13). The Labute approximate surface area is 99.7 Å². The van der Waals surface area contributed by atoms with Gasteiger partial charge in [-0.3, -0.25) is 4.68 Å². The number of rotatable bonds is 6. The maximum atomic E-state index is 4.33. The molecule has 2 aromatic rings. The second-order valence-corrected chi connectivity index (χ2v) is 4.34. The van der Waals surface area contributed by atoms with Crippen LogP contribution in [-0.2, 0) is 6.54 Å². The zero-order chi connectivity index (χ0) is 11.5. The maximum absolute atomic E-state index is 4.33. The summed E-state index contributed by atoms with van der Waals surface area (Å²) in [6, 6.07) is 0.676. The maximum Gasteiger partial charge on any atom is 0.203 e. The van der Waals surface area contributed by atoms with Crippen molar-refractivity contribution in [3.05, 3.63) is 24.8 Å². The lowest BCUT2D eigenvalue weighted by molar-refractivity contribution is 0.568. The molecule has 1 aliphatic carbocycles. The summed E-state index contributed by atoms with van der Waals surface area (Å²) >= 11 is 0. The van der Waals surface area contributed by atoms with Crippen molar-refractivity contribution in [1.82, 2.24) is 24.5 Å². The normalized spacial score (nSPS) is 15.1. The van der Waals surface area contributed by atoms with Crippen LogP contribution in [0.4, 0.5) is 5.95 Å². The van der Waals surface area contributed by atoms with Crippen LogP contribution in [-0.4, -0.2) is 31.1 Å². The molecule has 0 amide bonds. The summed E-state index contributed by atoms with van der Waals surface area (Å²) in [6.07, 6.45) is 11.1. The number of nitrogens with one attached hydrogen (secondary N) is 1. The number of hydrogen-bond donors (Lipinski definition) is 1. The minimum Gasteiger partial charge on any atom is -0.356 e. The molecule has 6 nitrogen and oxygen atoms in total. The molecule has 90 valence electrons. The number of aryl methyl sites for hydroxylation is 1. The van der Waals surface area contributed by atoms with Crippen molar-refractivity contribution in [2.24, 2.45) is 0 Å². The first-order valence-corrected chi connectivity index (χ1v) is 6.04. The quantitative estimate of drug-likeness (QED) is 0.763. The fraction of sp³-hybridized carbons (Fsp3) is 0.545. The molecule has 0 atom stereocenters. The molecule has 17 heavy (non-hydrogen) atoms. The highest BCUT2D eigenvalue weighted by molar-refractivity contribution is 5.27. The number of imidazole rings is 1. The van der Waals surface area contributed by atoms with Crippen LogP contribution < -0.4 is 5.32 Å². The molecule has 0 bridgehead atoms. The van der Waals surface area contributed by atoms with Gasteiger partial charge in [0.25, 0.3) is 0 Å². The largest absolute Gasteiger partial charge is 0.356 e. The van der Waals surface area contributed by atoms with E-state index in [2.05, 4.69) is 31.4 Å². The Hall–Kier alpha value is -1.85. The molecule has 0 radical (unpaired) electrons. The van der Waals surface area contributed by atoms with Crippen LogP contribution in [0.25, 0.3) is 0 Å². The molecule has 1 fully saturated rings. The molecular weight excluding hydrogens is 216 g/mol. The molecule has 1 saturated carbocycles. The second-order valence-electron chi connectivity index (χ2n) is 4.34. The van der Waals surface area contributed by atoms with Crippen molar-refractivity contribution < 1.29 is 0 Å². The van der Waals surface area contributed by atoms with E-state index >= 15 is 0 Å². The van der Waals surface area contributed by atoms with Gasteiger partial charge in [0.2, 0.25) is 5.95 Å². The summed E-state index contributed by atoms with van der Waals surface area (Å²) < 4.78 is 4.07. The van der Waals surface area contributed by atoms with Gasteiger partial charge in [-0.25, -0.2) is 4.98 Å². The lowest BCUT2D eigenvalue weighted by Crippen LogP contribution is -2.10. The third kappa shape index (κ3) is 2.46. The number of anilines is 1. The number of hydrogen-bond acceptors (Lipinski definition) is 4. The first-order chi connectivity index (χ1) is 8.43. The predicted octanol–water partition coefficient (Wildman–Crippen LogP) is 1.31. The second kappa shape index (κ2) is 4.57. The predicted molar refractivity (Wildman–Crippen MR) is 63.6 cm³/mol. The first-order valence-electron chi connectivity index (χ1n) is 6.04. The summed E-state index contributed by atoms with van der Waals surface area (Å²) in [6.45, 7) is 1.79. The number of aromatic nitrogens is 5. The van der Waals surface area contributed by atoms with E-state index in [1.807, 2.05) is 17.1 Å².